The maximum absolute atomic E-state index is 13.3. The van der Waals surface area contributed by atoms with Gasteiger partial charge >= 0.3 is 12.1 Å². The topological polar surface area (TPSA) is 77.0 Å². The quantitative estimate of drug-likeness (QED) is 0.311. The zero-order valence-corrected chi connectivity index (χ0v) is 15.9. The van der Waals surface area contributed by atoms with Gasteiger partial charge in [-0.3, -0.25) is 0 Å². The van der Waals surface area contributed by atoms with Crippen molar-refractivity contribution in [2.24, 2.45) is 5.10 Å². The van der Waals surface area contributed by atoms with Crippen molar-refractivity contribution in [1.82, 2.24) is 5.43 Å². The fourth-order valence-corrected chi connectivity index (χ4v) is 3.09. The van der Waals surface area contributed by atoms with Crippen LogP contribution in [-0.2, 0) is 4.74 Å². The highest BCUT2D eigenvalue weighted by molar-refractivity contribution is 9.11. The van der Waals surface area contributed by atoms with Crippen LogP contribution in [0.5, 0.6) is 5.75 Å². The minimum absolute atomic E-state index is 0.0605. The van der Waals surface area contributed by atoms with Gasteiger partial charge in [0.15, 0.2) is 5.75 Å². The van der Waals surface area contributed by atoms with Gasteiger partial charge in [-0.1, -0.05) is 22.0 Å². The van der Waals surface area contributed by atoms with Crippen molar-refractivity contribution in [3.8, 4) is 5.75 Å². The number of methoxy groups -OCH3 is 1. The average Bonchev–Trinajstić information content (AvgIpc) is 2.57. The molecule has 130 valence electrons. The Balaban J connectivity index is 2.30. The van der Waals surface area contributed by atoms with Crippen molar-refractivity contribution in [2.75, 3.05) is 7.11 Å². The molecule has 2 aromatic rings. The smallest absolute Gasteiger partial charge is 0.427 e. The van der Waals surface area contributed by atoms with Gasteiger partial charge < -0.3 is 9.47 Å². The first-order valence-electron chi connectivity index (χ1n) is 6.74. The van der Waals surface area contributed by atoms with E-state index in [1.54, 1.807) is 12.1 Å². The van der Waals surface area contributed by atoms with Crippen LogP contribution in [0.3, 0.4) is 0 Å². The lowest BCUT2D eigenvalue weighted by Crippen LogP contribution is -2.17. The molecule has 0 aliphatic heterocycles. The molecule has 2 rings (SSSR count). The normalized spacial score (nSPS) is 10.6. The molecule has 0 unspecified atom stereocenters. The lowest BCUT2D eigenvalue weighted by Gasteiger charge is -2.10. The summed E-state index contributed by atoms with van der Waals surface area (Å²) in [6.07, 6.45) is 0.532. The third-order valence-electron chi connectivity index (χ3n) is 2.84. The van der Waals surface area contributed by atoms with Crippen LogP contribution in [0.2, 0.25) is 0 Å². The summed E-state index contributed by atoms with van der Waals surface area (Å²) in [5.74, 6) is -1.13. The molecule has 0 aromatic heterocycles. The van der Waals surface area contributed by atoms with E-state index < -0.39 is 17.9 Å². The first-order valence-corrected chi connectivity index (χ1v) is 8.33. The number of halogens is 3. The Labute approximate surface area is 159 Å². The van der Waals surface area contributed by atoms with Crippen molar-refractivity contribution in [3.05, 3.63) is 62.3 Å². The van der Waals surface area contributed by atoms with Crippen molar-refractivity contribution in [3.63, 3.8) is 0 Å². The molecule has 0 saturated carbocycles. The molecule has 0 heterocycles. The number of hydrazone groups is 1. The fourth-order valence-electron chi connectivity index (χ4n) is 1.75. The number of ether oxygens (including phenoxy) is 2. The summed E-state index contributed by atoms with van der Waals surface area (Å²) in [5, 5.41) is 3.71. The molecule has 0 aliphatic rings. The Kier molecular flexibility index (Phi) is 6.65. The number of rotatable bonds is 4. The van der Waals surface area contributed by atoms with E-state index in [0.717, 1.165) is 6.07 Å². The summed E-state index contributed by atoms with van der Waals surface area (Å²) in [5.41, 5.74) is 2.58. The van der Waals surface area contributed by atoms with E-state index in [-0.39, 0.29) is 11.3 Å². The van der Waals surface area contributed by atoms with Crippen molar-refractivity contribution in [2.45, 2.75) is 0 Å². The van der Waals surface area contributed by atoms with E-state index in [1.807, 2.05) is 0 Å². The first-order chi connectivity index (χ1) is 11.9. The molecule has 0 atom stereocenters. The molecular formula is C16H11Br2FN2O4. The molecule has 25 heavy (non-hydrogen) atoms. The summed E-state index contributed by atoms with van der Waals surface area (Å²) in [6.45, 7) is 0. The molecule has 0 bridgehead atoms. The molecule has 0 aliphatic carbocycles. The Morgan fingerprint density at radius 1 is 1.24 bits per heavy atom. The van der Waals surface area contributed by atoms with E-state index in [2.05, 4.69) is 47.1 Å². The molecule has 2 aromatic carbocycles. The zero-order valence-electron chi connectivity index (χ0n) is 12.8. The Morgan fingerprint density at radius 2 is 2.00 bits per heavy atom. The number of benzene rings is 2. The maximum Gasteiger partial charge on any atom is 0.427 e. The fraction of sp³-hybridized carbons (Fsp3) is 0.0625. The van der Waals surface area contributed by atoms with Gasteiger partial charge in [0.2, 0.25) is 0 Å². The largest absolute Gasteiger partial charge is 0.452 e. The van der Waals surface area contributed by atoms with E-state index >= 15 is 0 Å². The lowest BCUT2D eigenvalue weighted by molar-refractivity contribution is 0.0732. The molecule has 1 N–H and O–H groups in total. The minimum atomic E-state index is -0.747. The number of nitrogens with one attached hydrogen (secondary N) is 1. The Bertz CT molecular complexity index is 843. The summed E-state index contributed by atoms with van der Waals surface area (Å²) in [7, 11) is 1.20. The highest BCUT2D eigenvalue weighted by atomic mass is 79.9. The van der Waals surface area contributed by atoms with Crippen molar-refractivity contribution >= 4 is 50.1 Å². The van der Waals surface area contributed by atoms with Crippen LogP contribution in [0, 0.1) is 5.82 Å². The molecule has 0 spiro atoms. The van der Waals surface area contributed by atoms with Gasteiger partial charge in [-0.2, -0.15) is 5.10 Å². The zero-order chi connectivity index (χ0) is 18.4. The Hall–Kier alpha value is -2.26. The average molecular weight is 474 g/mol. The number of esters is 1. The van der Waals surface area contributed by atoms with Gasteiger partial charge in [0.25, 0.3) is 0 Å². The van der Waals surface area contributed by atoms with Crippen LogP contribution in [-0.4, -0.2) is 25.4 Å². The third-order valence-corrected chi connectivity index (χ3v) is 3.88. The number of hydrogen-bond acceptors (Lipinski definition) is 5. The predicted octanol–water partition coefficient (Wildman–Crippen LogP) is 4.26. The van der Waals surface area contributed by atoms with Crippen molar-refractivity contribution < 1.29 is 23.5 Å². The van der Waals surface area contributed by atoms with Crippen LogP contribution in [0.4, 0.5) is 9.18 Å². The standard InChI is InChI=1S/C16H11Br2FN2O4/c1-24-16(23)21-20-8-10-5-11(17)7-13(18)14(10)25-15(22)9-3-2-4-12(19)6-9/h2-8H,1H3,(H,21,23). The van der Waals surface area contributed by atoms with Crippen LogP contribution in [0.1, 0.15) is 15.9 Å². The lowest BCUT2D eigenvalue weighted by atomic mass is 10.2. The van der Waals surface area contributed by atoms with E-state index in [9.17, 15) is 14.0 Å². The number of hydrogen-bond donors (Lipinski definition) is 1. The van der Waals surface area contributed by atoms with Gasteiger partial charge in [0.1, 0.15) is 5.82 Å². The number of amides is 1. The third kappa shape index (κ3) is 5.36. The molecule has 0 saturated heterocycles. The number of carbonyl (C=O) groups is 2. The SMILES string of the molecule is COC(=O)NN=Cc1cc(Br)cc(Br)c1OC(=O)c1cccc(F)c1. The first kappa shape index (κ1) is 19.1. The van der Waals surface area contributed by atoms with E-state index in [0.29, 0.717) is 14.5 Å². The monoisotopic (exact) mass is 472 g/mol. The summed E-state index contributed by atoms with van der Waals surface area (Å²) in [6, 6.07) is 8.43. The van der Waals surface area contributed by atoms with Gasteiger partial charge in [0.05, 0.1) is 23.4 Å². The second-order valence-electron chi connectivity index (χ2n) is 4.57. The predicted molar refractivity (Wildman–Crippen MR) is 96.3 cm³/mol. The van der Waals surface area contributed by atoms with Gasteiger partial charge in [-0.15, -0.1) is 0 Å². The van der Waals surface area contributed by atoms with Crippen LogP contribution in [0.15, 0.2) is 50.4 Å². The molecular weight excluding hydrogens is 463 g/mol. The van der Waals surface area contributed by atoms with Gasteiger partial charge in [-0.25, -0.2) is 19.4 Å². The number of nitrogens with zero attached hydrogens (tertiary/aromatic N) is 1. The highest BCUT2D eigenvalue weighted by Crippen LogP contribution is 2.32. The molecule has 6 nitrogen and oxygen atoms in total. The summed E-state index contributed by atoms with van der Waals surface area (Å²) in [4.78, 5) is 23.3. The van der Waals surface area contributed by atoms with Crippen LogP contribution in [0.25, 0.3) is 0 Å². The number of carbonyl (C=O) groups excluding carboxylic acids is 2. The highest BCUT2D eigenvalue weighted by Gasteiger charge is 2.15. The van der Waals surface area contributed by atoms with E-state index in [4.69, 9.17) is 4.74 Å². The van der Waals surface area contributed by atoms with Crippen LogP contribution >= 0.6 is 31.9 Å². The molecule has 0 radical (unpaired) electrons. The summed E-state index contributed by atoms with van der Waals surface area (Å²) < 4.78 is 24.1. The second-order valence-corrected chi connectivity index (χ2v) is 6.34. The summed E-state index contributed by atoms with van der Waals surface area (Å²) >= 11 is 6.60. The molecule has 1 amide bonds. The van der Waals surface area contributed by atoms with E-state index in [1.165, 1.54) is 31.5 Å². The van der Waals surface area contributed by atoms with Gasteiger partial charge in [-0.05, 0) is 46.3 Å². The molecule has 0 fully saturated rings. The van der Waals surface area contributed by atoms with Crippen molar-refractivity contribution in [1.29, 1.82) is 0 Å². The van der Waals surface area contributed by atoms with Crippen LogP contribution < -0.4 is 10.2 Å². The minimum Gasteiger partial charge on any atom is -0.452 e. The van der Waals surface area contributed by atoms with Gasteiger partial charge in [0, 0.05) is 10.0 Å². The second kappa shape index (κ2) is 8.72. The maximum atomic E-state index is 13.3. The Morgan fingerprint density at radius 3 is 2.68 bits per heavy atom. The molecule has 9 heteroatoms.